The van der Waals surface area contributed by atoms with Crippen LogP contribution in [-0.4, -0.2) is 40.7 Å². The highest BCUT2D eigenvalue weighted by molar-refractivity contribution is 5.91. The molecule has 2 aromatic heterocycles. The first-order chi connectivity index (χ1) is 11.5. The van der Waals surface area contributed by atoms with Crippen LogP contribution in [0.4, 0.5) is 0 Å². The standard InChI is InChI=1S/C17H23N3O4/c1-5-12-11(4)8-13(23-12)17(21)20-6-7-22-14(9-20)16-19-18-15(24-16)10(2)3/h8,10,14H,5-7,9H2,1-4H3/t14-/m1/s1. The topological polar surface area (TPSA) is 81.6 Å². The minimum atomic E-state index is -0.399. The smallest absolute Gasteiger partial charge is 0.289 e. The Balaban J connectivity index is 1.73. The number of amides is 1. The van der Waals surface area contributed by atoms with Gasteiger partial charge in [0.1, 0.15) is 5.76 Å². The van der Waals surface area contributed by atoms with E-state index >= 15 is 0 Å². The summed E-state index contributed by atoms with van der Waals surface area (Å²) in [4.78, 5) is 14.4. The SMILES string of the molecule is CCc1oc(C(=O)N2CCO[C@@H](c3nnc(C(C)C)o3)C2)cc1C. The predicted octanol–water partition coefficient (Wildman–Crippen LogP) is 2.87. The molecule has 0 aliphatic carbocycles. The zero-order valence-corrected chi connectivity index (χ0v) is 14.5. The third kappa shape index (κ3) is 3.21. The van der Waals surface area contributed by atoms with Crippen LogP contribution in [-0.2, 0) is 11.2 Å². The quantitative estimate of drug-likeness (QED) is 0.856. The van der Waals surface area contributed by atoms with Crippen LogP contribution in [0, 0.1) is 6.92 Å². The van der Waals surface area contributed by atoms with Crippen LogP contribution in [0.5, 0.6) is 0 Å². The fourth-order valence-electron chi connectivity index (χ4n) is 2.73. The van der Waals surface area contributed by atoms with Crippen LogP contribution >= 0.6 is 0 Å². The fraction of sp³-hybridized carbons (Fsp3) is 0.588. The van der Waals surface area contributed by atoms with Crippen molar-refractivity contribution in [1.29, 1.82) is 0 Å². The first-order valence-electron chi connectivity index (χ1n) is 8.33. The lowest BCUT2D eigenvalue weighted by Crippen LogP contribution is -2.42. The molecule has 1 aliphatic rings. The number of rotatable bonds is 4. The van der Waals surface area contributed by atoms with Gasteiger partial charge in [-0.05, 0) is 18.6 Å². The van der Waals surface area contributed by atoms with E-state index in [0.717, 1.165) is 17.7 Å². The van der Waals surface area contributed by atoms with E-state index < -0.39 is 6.10 Å². The van der Waals surface area contributed by atoms with Gasteiger partial charge in [0.25, 0.3) is 5.91 Å². The maximum absolute atomic E-state index is 12.7. The normalized spacial score (nSPS) is 18.4. The Morgan fingerprint density at radius 2 is 2.17 bits per heavy atom. The van der Waals surface area contributed by atoms with Crippen molar-refractivity contribution in [2.24, 2.45) is 0 Å². The molecule has 1 fully saturated rings. The number of nitrogens with zero attached hydrogens (tertiary/aromatic N) is 3. The Kier molecular flexibility index (Phi) is 4.71. The average molecular weight is 333 g/mol. The van der Waals surface area contributed by atoms with Gasteiger partial charge in [0.15, 0.2) is 11.9 Å². The lowest BCUT2D eigenvalue weighted by molar-refractivity contribution is -0.0359. The van der Waals surface area contributed by atoms with Crippen LogP contribution in [0.2, 0.25) is 0 Å². The largest absolute Gasteiger partial charge is 0.456 e. The lowest BCUT2D eigenvalue weighted by atomic mass is 10.2. The number of ether oxygens (including phenoxy) is 1. The highest BCUT2D eigenvalue weighted by Gasteiger charge is 2.31. The summed E-state index contributed by atoms with van der Waals surface area (Å²) in [5, 5.41) is 8.08. The van der Waals surface area contributed by atoms with E-state index in [-0.39, 0.29) is 11.8 Å². The molecule has 0 N–H and O–H groups in total. The number of hydrogen-bond acceptors (Lipinski definition) is 6. The van der Waals surface area contributed by atoms with E-state index in [0.29, 0.717) is 37.2 Å². The molecule has 0 unspecified atom stereocenters. The van der Waals surface area contributed by atoms with Crippen molar-refractivity contribution >= 4 is 5.91 Å². The summed E-state index contributed by atoms with van der Waals surface area (Å²) in [5.41, 5.74) is 1.00. The summed E-state index contributed by atoms with van der Waals surface area (Å²) in [6, 6.07) is 1.80. The van der Waals surface area contributed by atoms with E-state index in [1.54, 1.807) is 11.0 Å². The summed E-state index contributed by atoms with van der Waals surface area (Å²) >= 11 is 0. The Hall–Kier alpha value is -2.15. The Bertz CT molecular complexity index is 719. The average Bonchev–Trinajstić information content (AvgIpc) is 3.21. The molecule has 0 bridgehead atoms. The van der Waals surface area contributed by atoms with E-state index in [4.69, 9.17) is 13.6 Å². The first kappa shape index (κ1) is 16.7. The molecule has 3 rings (SSSR count). The Morgan fingerprint density at radius 1 is 1.38 bits per heavy atom. The summed E-state index contributed by atoms with van der Waals surface area (Å²) < 4.78 is 17.0. The number of aryl methyl sites for hydroxylation is 2. The molecule has 7 heteroatoms. The predicted molar refractivity (Wildman–Crippen MR) is 85.8 cm³/mol. The third-order valence-electron chi connectivity index (χ3n) is 4.13. The van der Waals surface area contributed by atoms with Gasteiger partial charge in [-0.15, -0.1) is 10.2 Å². The minimum Gasteiger partial charge on any atom is -0.456 e. The molecular formula is C17H23N3O4. The molecule has 2 aromatic rings. The van der Waals surface area contributed by atoms with Gasteiger partial charge in [-0.1, -0.05) is 20.8 Å². The van der Waals surface area contributed by atoms with E-state index in [1.807, 2.05) is 27.7 Å². The van der Waals surface area contributed by atoms with Crippen molar-refractivity contribution in [2.45, 2.75) is 46.1 Å². The fourth-order valence-corrected chi connectivity index (χ4v) is 2.73. The molecule has 0 radical (unpaired) electrons. The molecule has 24 heavy (non-hydrogen) atoms. The van der Waals surface area contributed by atoms with Gasteiger partial charge in [0, 0.05) is 18.9 Å². The molecule has 0 saturated carbocycles. The van der Waals surface area contributed by atoms with Crippen molar-refractivity contribution < 1.29 is 18.4 Å². The molecule has 7 nitrogen and oxygen atoms in total. The van der Waals surface area contributed by atoms with Gasteiger partial charge >= 0.3 is 0 Å². The molecule has 130 valence electrons. The van der Waals surface area contributed by atoms with Crippen LogP contribution in [0.25, 0.3) is 0 Å². The molecule has 1 saturated heterocycles. The van der Waals surface area contributed by atoms with Gasteiger partial charge in [-0.3, -0.25) is 4.79 Å². The van der Waals surface area contributed by atoms with Crippen molar-refractivity contribution in [1.82, 2.24) is 15.1 Å². The van der Waals surface area contributed by atoms with Crippen molar-refractivity contribution in [3.63, 3.8) is 0 Å². The summed E-state index contributed by atoms with van der Waals surface area (Å²) in [6.45, 7) is 9.25. The monoisotopic (exact) mass is 333 g/mol. The number of aromatic nitrogens is 2. The van der Waals surface area contributed by atoms with E-state index in [9.17, 15) is 4.79 Å². The zero-order chi connectivity index (χ0) is 17.3. The van der Waals surface area contributed by atoms with E-state index in [2.05, 4.69) is 10.2 Å². The molecular weight excluding hydrogens is 310 g/mol. The van der Waals surface area contributed by atoms with Crippen molar-refractivity contribution in [3.8, 4) is 0 Å². The van der Waals surface area contributed by atoms with Crippen LogP contribution < -0.4 is 0 Å². The van der Waals surface area contributed by atoms with Gasteiger partial charge in [-0.25, -0.2) is 0 Å². The number of furan rings is 1. The Labute approximate surface area is 141 Å². The molecule has 1 aliphatic heterocycles. The summed E-state index contributed by atoms with van der Waals surface area (Å²) in [5.74, 6) is 2.24. The van der Waals surface area contributed by atoms with Gasteiger partial charge in [0.05, 0.1) is 13.2 Å². The maximum Gasteiger partial charge on any atom is 0.289 e. The van der Waals surface area contributed by atoms with Gasteiger partial charge in [-0.2, -0.15) is 0 Å². The molecule has 0 spiro atoms. The lowest BCUT2D eigenvalue weighted by Gasteiger charge is -2.30. The first-order valence-corrected chi connectivity index (χ1v) is 8.33. The number of morpholine rings is 1. The number of hydrogen-bond donors (Lipinski definition) is 0. The van der Waals surface area contributed by atoms with Crippen LogP contribution in [0.15, 0.2) is 14.9 Å². The molecule has 0 aromatic carbocycles. The second-order valence-corrected chi connectivity index (χ2v) is 6.31. The number of carbonyl (C=O) groups is 1. The molecule has 1 atom stereocenters. The highest BCUT2D eigenvalue weighted by Crippen LogP contribution is 2.25. The Morgan fingerprint density at radius 3 is 2.79 bits per heavy atom. The van der Waals surface area contributed by atoms with Gasteiger partial charge in [0.2, 0.25) is 11.8 Å². The van der Waals surface area contributed by atoms with Gasteiger partial charge < -0.3 is 18.5 Å². The maximum atomic E-state index is 12.7. The minimum absolute atomic E-state index is 0.130. The second-order valence-electron chi connectivity index (χ2n) is 6.31. The second kappa shape index (κ2) is 6.76. The summed E-state index contributed by atoms with van der Waals surface area (Å²) in [7, 11) is 0. The van der Waals surface area contributed by atoms with Crippen LogP contribution in [0.1, 0.15) is 66.5 Å². The highest BCUT2D eigenvalue weighted by atomic mass is 16.5. The molecule has 3 heterocycles. The van der Waals surface area contributed by atoms with Crippen LogP contribution in [0.3, 0.4) is 0 Å². The van der Waals surface area contributed by atoms with E-state index in [1.165, 1.54) is 0 Å². The van der Waals surface area contributed by atoms with Crippen molar-refractivity contribution in [2.75, 3.05) is 19.7 Å². The number of carbonyl (C=O) groups excluding carboxylic acids is 1. The molecule has 1 amide bonds. The van der Waals surface area contributed by atoms with Crippen molar-refractivity contribution in [3.05, 3.63) is 34.9 Å². The summed E-state index contributed by atoms with van der Waals surface area (Å²) in [6.07, 6.45) is 0.370. The zero-order valence-electron chi connectivity index (χ0n) is 14.5. The third-order valence-corrected chi connectivity index (χ3v) is 4.13.